The van der Waals surface area contributed by atoms with Crippen LogP contribution in [0.2, 0.25) is 0 Å². The second kappa shape index (κ2) is 6.30. The Bertz CT molecular complexity index is 761. The van der Waals surface area contributed by atoms with Crippen molar-refractivity contribution in [3.8, 4) is 11.1 Å². The van der Waals surface area contributed by atoms with Crippen LogP contribution in [0.5, 0.6) is 0 Å². The summed E-state index contributed by atoms with van der Waals surface area (Å²) in [5, 5.41) is 7.43. The third-order valence-corrected chi connectivity index (χ3v) is 6.29. The molecule has 25 heavy (non-hydrogen) atoms. The first-order valence-electron chi connectivity index (χ1n) is 9.12. The van der Waals surface area contributed by atoms with Gasteiger partial charge in [0.2, 0.25) is 6.41 Å². The molecule has 1 amide bonds. The van der Waals surface area contributed by atoms with Crippen LogP contribution < -0.4 is 5.32 Å². The number of aromatic nitrogens is 2. The molecule has 1 atom stereocenters. The lowest BCUT2D eigenvalue weighted by atomic mass is 9.66. The Morgan fingerprint density at radius 3 is 2.72 bits per heavy atom. The van der Waals surface area contributed by atoms with Gasteiger partial charge in [-0.25, -0.2) is 0 Å². The first-order chi connectivity index (χ1) is 12.1. The van der Waals surface area contributed by atoms with Crippen LogP contribution in [0.4, 0.5) is 0 Å². The lowest BCUT2D eigenvalue weighted by Crippen LogP contribution is -2.62. The number of fused-ring (bicyclic) bond motifs is 3. The zero-order chi connectivity index (χ0) is 17.4. The molecule has 3 fully saturated rings. The molecule has 1 saturated carbocycles. The molecule has 5 rings (SSSR count). The van der Waals surface area contributed by atoms with Gasteiger partial charge in [0.15, 0.2) is 0 Å². The van der Waals surface area contributed by atoms with Crippen molar-refractivity contribution in [1.29, 1.82) is 0 Å². The monoisotopic (exact) mass is 338 g/mol. The summed E-state index contributed by atoms with van der Waals surface area (Å²) < 4.78 is 1.82. The third kappa shape index (κ3) is 2.76. The summed E-state index contributed by atoms with van der Waals surface area (Å²) >= 11 is 0. The summed E-state index contributed by atoms with van der Waals surface area (Å²) in [5.74, 6) is 0.825. The van der Waals surface area contributed by atoms with Crippen molar-refractivity contribution >= 4 is 6.41 Å². The van der Waals surface area contributed by atoms with E-state index >= 15 is 0 Å². The van der Waals surface area contributed by atoms with Gasteiger partial charge in [-0.15, -0.1) is 0 Å². The standard InChI is InChI=1S/C20H26N4O/c1-23-12-15-6-8-20(23,9-7-15)19(21-14-25)17-5-3-4-16(10-17)18-11-22-24(2)13-18/h3-5,10-11,13-15,19H,6-9,12H2,1-2H3,(H,21,25). The minimum absolute atomic E-state index is 0.0212. The van der Waals surface area contributed by atoms with Gasteiger partial charge in [-0.1, -0.05) is 18.2 Å². The van der Waals surface area contributed by atoms with Crippen molar-refractivity contribution in [2.75, 3.05) is 13.6 Å². The number of carbonyl (C=O) groups excluding carboxylic acids is 1. The predicted octanol–water partition coefficient (Wildman–Crippen LogP) is 2.75. The smallest absolute Gasteiger partial charge is 0.207 e. The maximum atomic E-state index is 11.4. The molecular weight excluding hydrogens is 312 g/mol. The number of nitrogens with zero attached hydrogens (tertiary/aromatic N) is 3. The summed E-state index contributed by atoms with van der Waals surface area (Å²) in [6, 6.07) is 8.57. The van der Waals surface area contributed by atoms with Crippen molar-refractivity contribution in [1.82, 2.24) is 20.0 Å². The molecule has 1 aliphatic carbocycles. The van der Waals surface area contributed by atoms with Crippen LogP contribution in [-0.2, 0) is 11.8 Å². The molecule has 1 aromatic carbocycles. The fraction of sp³-hybridized carbons (Fsp3) is 0.500. The molecular formula is C20H26N4O. The maximum Gasteiger partial charge on any atom is 0.207 e. The Kier molecular flexibility index (Phi) is 4.12. The van der Waals surface area contributed by atoms with Crippen LogP contribution in [0.3, 0.4) is 0 Å². The number of hydrogen-bond acceptors (Lipinski definition) is 3. The zero-order valence-corrected chi connectivity index (χ0v) is 15.0. The van der Waals surface area contributed by atoms with Crippen LogP contribution in [0.1, 0.15) is 37.3 Å². The Morgan fingerprint density at radius 2 is 2.08 bits per heavy atom. The molecule has 3 heterocycles. The number of nitrogens with one attached hydrogen (secondary N) is 1. The largest absolute Gasteiger partial charge is 0.350 e. The molecule has 0 radical (unpaired) electrons. The second-order valence-corrected chi connectivity index (χ2v) is 7.67. The van der Waals surface area contributed by atoms with Crippen molar-refractivity contribution in [3.05, 3.63) is 42.2 Å². The van der Waals surface area contributed by atoms with Gasteiger partial charge in [0, 0.05) is 30.9 Å². The lowest BCUT2D eigenvalue weighted by molar-refractivity contribution is -0.113. The molecule has 2 aromatic rings. The molecule has 2 bridgehead atoms. The highest BCUT2D eigenvalue weighted by Crippen LogP contribution is 2.49. The summed E-state index contributed by atoms with van der Waals surface area (Å²) in [5.41, 5.74) is 3.46. The zero-order valence-electron chi connectivity index (χ0n) is 15.0. The topological polar surface area (TPSA) is 50.2 Å². The van der Waals surface area contributed by atoms with Gasteiger partial charge in [0.05, 0.1) is 12.2 Å². The average molecular weight is 338 g/mol. The van der Waals surface area contributed by atoms with E-state index in [2.05, 4.69) is 46.6 Å². The summed E-state index contributed by atoms with van der Waals surface area (Å²) in [6.07, 6.45) is 9.61. The molecule has 5 heteroatoms. The Morgan fingerprint density at radius 1 is 1.28 bits per heavy atom. The van der Waals surface area contributed by atoms with E-state index in [0.717, 1.165) is 42.8 Å². The number of amides is 1. The molecule has 132 valence electrons. The quantitative estimate of drug-likeness (QED) is 0.853. The number of aryl methyl sites for hydroxylation is 1. The molecule has 2 aliphatic heterocycles. The average Bonchev–Trinajstić information content (AvgIpc) is 3.07. The van der Waals surface area contributed by atoms with Gasteiger partial charge < -0.3 is 5.32 Å². The lowest BCUT2D eigenvalue weighted by Gasteiger charge is -2.56. The molecule has 2 saturated heterocycles. The van der Waals surface area contributed by atoms with Crippen molar-refractivity contribution in [2.24, 2.45) is 13.0 Å². The summed E-state index contributed by atoms with van der Waals surface area (Å²) in [6.45, 7) is 1.14. The maximum absolute atomic E-state index is 11.4. The summed E-state index contributed by atoms with van der Waals surface area (Å²) in [7, 11) is 4.15. The number of benzene rings is 1. The highest BCUT2D eigenvalue weighted by Gasteiger charge is 2.49. The van der Waals surface area contributed by atoms with Gasteiger partial charge in [-0.05, 0) is 55.8 Å². The van der Waals surface area contributed by atoms with Crippen LogP contribution in [0, 0.1) is 5.92 Å². The number of likely N-dealkylation sites (N-methyl/N-ethyl adjacent to an activating group) is 1. The van der Waals surface area contributed by atoms with E-state index in [1.165, 1.54) is 18.4 Å². The highest BCUT2D eigenvalue weighted by molar-refractivity contribution is 5.63. The van der Waals surface area contributed by atoms with Crippen LogP contribution in [0.15, 0.2) is 36.7 Å². The van der Waals surface area contributed by atoms with E-state index in [9.17, 15) is 4.79 Å². The molecule has 3 aliphatic rings. The fourth-order valence-electron chi connectivity index (χ4n) is 4.92. The van der Waals surface area contributed by atoms with Crippen LogP contribution >= 0.6 is 0 Å². The van der Waals surface area contributed by atoms with E-state index in [1.807, 2.05) is 24.1 Å². The molecule has 1 aromatic heterocycles. The SMILES string of the molecule is CN1CC2CCC1(C(NC=O)c1cccc(-c3cnn(C)c3)c1)CC2. The molecule has 0 spiro atoms. The second-order valence-electron chi connectivity index (χ2n) is 7.67. The van der Waals surface area contributed by atoms with Gasteiger partial charge >= 0.3 is 0 Å². The highest BCUT2D eigenvalue weighted by atomic mass is 16.1. The van der Waals surface area contributed by atoms with E-state index in [0.29, 0.717) is 0 Å². The predicted molar refractivity (Wildman–Crippen MR) is 97.9 cm³/mol. The van der Waals surface area contributed by atoms with E-state index in [4.69, 9.17) is 0 Å². The van der Waals surface area contributed by atoms with Crippen molar-refractivity contribution in [2.45, 2.75) is 37.3 Å². The van der Waals surface area contributed by atoms with Gasteiger partial charge in [0.25, 0.3) is 0 Å². The first kappa shape index (κ1) is 16.3. The number of rotatable bonds is 5. The Hall–Kier alpha value is -2.14. The van der Waals surface area contributed by atoms with Gasteiger partial charge in [-0.3, -0.25) is 14.4 Å². The molecule has 5 nitrogen and oxygen atoms in total. The summed E-state index contributed by atoms with van der Waals surface area (Å²) in [4.78, 5) is 13.9. The van der Waals surface area contributed by atoms with Gasteiger partial charge in [0.1, 0.15) is 0 Å². The normalized spacial score (nSPS) is 27.2. The van der Waals surface area contributed by atoms with Crippen LogP contribution in [0.25, 0.3) is 11.1 Å². The first-order valence-corrected chi connectivity index (χ1v) is 9.12. The number of carbonyl (C=O) groups is 1. The Labute approximate surface area is 149 Å². The van der Waals surface area contributed by atoms with E-state index < -0.39 is 0 Å². The molecule has 1 N–H and O–H groups in total. The van der Waals surface area contributed by atoms with Gasteiger partial charge in [-0.2, -0.15) is 5.10 Å². The minimum Gasteiger partial charge on any atom is -0.350 e. The fourth-order valence-corrected chi connectivity index (χ4v) is 4.92. The minimum atomic E-state index is 0.0212. The van der Waals surface area contributed by atoms with Crippen LogP contribution in [-0.4, -0.2) is 40.2 Å². The number of piperidine rings is 2. The van der Waals surface area contributed by atoms with Crippen molar-refractivity contribution in [3.63, 3.8) is 0 Å². The third-order valence-electron chi connectivity index (χ3n) is 6.29. The Balaban J connectivity index is 1.73. The van der Waals surface area contributed by atoms with E-state index in [1.54, 1.807) is 0 Å². The number of hydrogen-bond donors (Lipinski definition) is 1. The van der Waals surface area contributed by atoms with E-state index in [-0.39, 0.29) is 11.6 Å². The van der Waals surface area contributed by atoms with Crippen molar-refractivity contribution < 1.29 is 4.79 Å². The molecule has 1 unspecified atom stereocenters.